The summed E-state index contributed by atoms with van der Waals surface area (Å²) in [6.45, 7) is 1.62. The van der Waals surface area contributed by atoms with Crippen molar-refractivity contribution >= 4 is 28.9 Å². The molecule has 3 rings (SSSR count). The van der Waals surface area contributed by atoms with E-state index in [1.807, 2.05) is 24.3 Å². The number of hydrogen-bond acceptors (Lipinski definition) is 5. The summed E-state index contributed by atoms with van der Waals surface area (Å²) in [6.07, 6.45) is 1.53. The fourth-order valence-electron chi connectivity index (χ4n) is 3.53. The van der Waals surface area contributed by atoms with Crippen LogP contribution >= 0.6 is 11.6 Å². The second-order valence-electron chi connectivity index (χ2n) is 6.82. The summed E-state index contributed by atoms with van der Waals surface area (Å²) in [6, 6.07) is 11.8. The second-order valence-corrected chi connectivity index (χ2v) is 7.26. The average Bonchev–Trinajstić information content (AvgIpc) is 2.72. The van der Waals surface area contributed by atoms with Crippen LogP contribution in [0, 0.1) is 10.1 Å². The number of nitrogens with one attached hydrogen (secondary N) is 2. The lowest BCUT2D eigenvalue weighted by Gasteiger charge is -2.38. The fraction of sp³-hybridized carbons (Fsp3) is 0.350. The number of rotatable bonds is 6. The number of benzene rings is 2. The van der Waals surface area contributed by atoms with Crippen LogP contribution in [-0.2, 0) is 10.2 Å². The number of amides is 1. The van der Waals surface area contributed by atoms with Gasteiger partial charge in [0, 0.05) is 55.1 Å². The molecule has 0 radical (unpaired) electrons. The first-order valence-corrected chi connectivity index (χ1v) is 9.41. The molecule has 8 heteroatoms. The van der Waals surface area contributed by atoms with Gasteiger partial charge in [0.05, 0.1) is 10.5 Å². The van der Waals surface area contributed by atoms with Crippen molar-refractivity contribution in [1.82, 2.24) is 5.32 Å². The van der Waals surface area contributed by atoms with Crippen molar-refractivity contribution in [3.05, 3.63) is 68.7 Å². The van der Waals surface area contributed by atoms with E-state index in [1.54, 1.807) is 7.05 Å². The lowest BCUT2D eigenvalue weighted by Crippen LogP contribution is -2.44. The van der Waals surface area contributed by atoms with Crippen LogP contribution in [0.25, 0.3) is 0 Å². The molecule has 0 aliphatic carbocycles. The molecule has 1 amide bonds. The van der Waals surface area contributed by atoms with Gasteiger partial charge in [-0.2, -0.15) is 0 Å². The Kier molecular flexibility index (Phi) is 6.16. The summed E-state index contributed by atoms with van der Waals surface area (Å²) >= 11 is 6.02. The van der Waals surface area contributed by atoms with Gasteiger partial charge in [0.1, 0.15) is 0 Å². The largest absolute Gasteiger partial charge is 0.387 e. The molecule has 1 aliphatic rings. The zero-order chi connectivity index (χ0) is 20.1. The lowest BCUT2D eigenvalue weighted by atomic mass is 9.74. The van der Waals surface area contributed by atoms with Gasteiger partial charge in [0.15, 0.2) is 0 Å². The van der Waals surface area contributed by atoms with Crippen LogP contribution in [0.2, 0.25) is 5.02 Å². The molecular weight excluding hydrogens is 382 g/mol. The number of nitrogens with zero attached hydrogens (tertiary/aromatic N) is 1. The molecule has 7 nitrogen and oxygen atoms in total. The van der Waals surface area contributed by atoms with Gasteiger partial charge in [0.25, 0.3) is 11.6 Å². The zero-order valence-corrected chi connectivity index (χ0v) is 16.3. The van der Waals surface area contributed by atoms with E-state index in [1.165, 1.54) is 18.2 Å². The number of non-ortho nitro benzene ring substituents is 1. The van der Waals surface area contributed by atoms with Crippen molar-refractivity contribution in [1.29, 1.82) is 0 Å². The summed E-state index contributed by atoms with van der Waals surface area (Å²) in [5.41, 5.74) is 1.49. The Morgan fingerprint density at radius 3 is 2.50 bits per heavy atom. The van der Waals surface area contributed by atoms with Crippen LogP contribution in [0.3, 0.4) is 0 Å². The van der Waals surface area contributed by atoms with E-state index >= 15 is 0 Å². The van der Waals surface area contributed by atoms with Crippen LogP contribution in [0.1, 0.15) is 28.8 Å². The van der Waals surface area contributed by atoms with E-state index < -0.39 is 4.92 Å². The normalized spacial score (nSPS) is 15.6. The number of anilines is 1. The molecule has 148 valence electrons. The number of nitro benzene ring substituents is 1. The van der Waals surface area contributed by atoms with Crippen molar-refractivity contribution in [3.8, 4) is 0 Å². The molecule has 0 saturated carbocycles. The molecule has 2 aromatic carbocycles. The van der Waals surface area contributed by atoms with Gasteiger partial charge >= 0.3 is 0 Å². The highest BCUT2D eigenvalue weighted by Crippen LogP contribution is 2.35. The number of nitro groups is 1. The first-order chi connectivity index (χ1) is 13.4. The highest BCUT2D eigenvalue weighted by atomic mass is 35.5. The molecule has 0 bridgehead atoms. The van der Waals surface area contributed by atoms with E-state index in [-0.39, 0.29) is 22.6 Å². The minimum atomic E-state index is -0.510. The Hall–Kier alpha value is -2.64. The number of halogens is 1. The molecule has 0 unspecified atom stereocenters. The van der Waals surface area contributed by atoms with Gasteiger partial charge in [-0.3, -0.25) is 14.9 Å². The first kappa shape index (κ1) is 20.1. The van der Waals surface area contributed by atoms with E-state index in [9.17, 15) is 14.9 Å². The molecule has 0 atom stereocenters. The quantitative estimate of drug-likeness (QED) is 0.565. The topological polar surface area (TPSA) is 93.5 Å². The van der Waals surface area contributed by atoms with E-state index in [0.717, 1.165) is 18.4 Å². The Bertz CT molecular complexity index is 864. The molecule has 1 heterocycles. The summed E-state index contributed by atoms with van der Waals surface area (Å²) in [7, 11) is 1.67. The first-order valence-electron chi connectivity index (χ1n) is 9.03. The van der Waals surface area contributed by atoms with Gasteiger partial charge < -0.3 is 15.4 Å². The van der Waals surface area contributed by atoms with Gasteiger partial charge in [-0.25, -0.2) is 0 Å². The van der Waals surface area contributed by atoms with Crippen LogP contribution in [0.4, 0.5) is 11.4 Å². The van der Waals surface area contributed by atoms with E-state index in [4.69, 9.17) is 16.3 Å². The average molecular weight is 404 g/mol. The van der Waals surface area contributed by atoms with Crippen molar-refractivity contribution in [3.63, 3.8) is 0 Å². The van der Waals surface area contributed by atoms with E-state index in [0.29, 0.717) is 30.5 Å². The molecule has 0 spiro atoms. The summed E-state index contributed by atoms with van der Waals surface area (Å²) in [4.78, 5) is 23.4. The van der Waals surface area contributed by atoms with Gasteiger partial charge in [-0.1, -0.05) is 23.7 Å². The number of hydrogen-bond donors (Lipinski definition) is 2. The van der Waals surface area contributed by atoms with Gasteiger partial charge in [-0.05, 0) is 36.6 Å². The zero-order valence-electron chi connectivity index (χ0n) is 15.5. The standard InChI is InChI=1S/C20H22ClN3O4/c1-22-18-7-6-16(24(26)27)12-17(18)19(25)23-13-20(8-10-28-11-9-20)14-2-4-15(21)5-3-14/h2-7,12,22H,8-11,13H2,1H3,(H,23,25). The van der Waals surface area contributed by atoms with Crippen molar-refractivity contribution in [2.45, 2.75) is 18.3 Å². The summed E-state index contributed by atoms with van der Waals surface area (Å²) < 4.78 is 5.52. The SMILES string of the molecule is CNc1ccc([N+](=O)[O-])cc1C(=O)NCC1(c2ccc(Cl)cc2)CCOCC1. The molecule has 2 N–H and O–H groups in total. The van der Waals surface area contributed by atoms with Gasteiger partial charge in [0.2, 0.25) is 0 Å². The van der Waals surface area contributed by atoms with Crippen molar-refractivity contribution < 1.29 is 14.5 Å². The van der Waals surface area contributed by atoms with Gasteiger partial charge in [-0.15, -0.1) is 0 Å². The van der Waals surface area contributed by atoms with Crippen LogP contribution in [0.15, 0.2) is 42.5 Å². The molecule has 1 aliphatic heterocycles. The van der Waals surface area contributed by atoms with E-state index in [2.05, 4.69) is 10.6 Å². The minimum absolute atomic E-state index is 0.123. The number of carbonyl (C=O) groups is 1. The maximum absolute atomic E-state index is 12.8. The summed E-state index contributed by atoms with van der Waals surface area (Å²) in [5.74, 6) is -0.354. The van der Waals surface area contributed by atoms with Crippen LogP contribution in [-0.4, -0.2) is 37.6 Å². The molecule has 1 fully saturated rings. The second kappa shape index (κ2) is 8.58. The monoisotopic (exact) mass is 403 g/mol. The van der Waals surface area contributed by atoms with Crippen molar-refractivity contribution in [2.24, 2.45) is 0 Å². The maximum Gasteiger partial charge on any atom is 0.270 e. The maximum atomic E-state index is 12.8. The minimum Gasteiger partial charge on any atom is -0.387 e. The Balaban J connectivity index is 1.84. The van der Waals surface area contributed by atoms with Crippen molar-refractivity contribution in [2.75, 3.05) is 32.1 Å². The molecular formula is C20H22ClN3O4. The van der Waals surface area contributed by atoms with Crippen LogP contribution in [0.5, 0.6) is 0 Å². The molecule has 2 aromatic rings. The summed E-state index contributed by atoms with van der Waals surface area (Å²) in [5, 5.41) is 17.6. The molecule has 28 heavy (non-hydrogen) atoms. The third kappa shape index (κ3) is 4.26. The molecule has 1 saturated heterocycles. The number of carbonyl (C=O) groups excluding carboxylic acids is 1. The predicted octanol–water partition coefficient (Wildman–Crippen LogP) is 3.77. The van der Waals surface area contributed by atoms with Crippen LogP contribution < -0.4 is 10.6 Å². The third-order valence-electron chi connectivity index (χ3n) is 5.22. The lowest BCUT2D eigenvalue weighted by molar-refractivity contribution is -0.384. The Morgan fingerprint density at radius 2 is 1.89 bits per heavy atom. The third-order valence-corrected chi connectivity index (χ3v) is 5.47. The Morgan fingerprint density at radius 1 is 1.21 bits per heavy atom. The number of ether oxygens (including phenoxy) is 1. The predicted molar refractivity (Wildman–Crippen MR) is 108 cm³/mol. The highest BCUT2D eigenvalue weighted by Gasteiger charge is 2.35. The Labute approximate surface area is 168 Å². The molecule has 0 aromatic heterocycles. The smallest absolute Gasteiger partial charge is 0.270 e. The fourth-order valence-corrected chi connectivity index (χ4v) is 3.66. The highest BCUT2D eigenvalue weighted by molar-refractivity contribution is 6.30.